The maximum Gasteiger partial charge on any atom is 0.228 e. The van der Waals surface area contributed by atoms with Crippen molar-refractivity contribution in [2.45, 2.75) is 44.9 Å². The van der Waals surface area contributed by atoms with E-state index >= 15 is 0 Å². The van der Waals surface area contributed by atoms with Crippen molar-refractivity contribution >= 4 is 16.7 Å². The second kappa shape index (κ2) is 7.57. The Hall–Kier alpha value is -1.87. The Morgan fingerprint density at radius 1 is 1.08 bits per heavy atom. The van der Waals surface area contributed by atoms with Gasteiger partial charge in [-0.15, -0.1) is 0 Å². The van der Waals surface area contributed by atoms with Gasteiger partial charge in [0.2, 0.25) is 5.91 Å². The quantitative estimate of drug-likeness (QED) is 0.862. The first-order chi connectivity index (χ1) is 12.1. The van der Waals surface area contributed by atoms with E-state index in [1.54, 1.807) is 0 Å². The smallest absolute Gasteiger partial charge is 0.228 e. The fourth-order valence-corrected chi connectivity index (χ4v) is 4.41. The van der Waals surface area contributed by atoms with Crippen LogP contribution in [0.25, 0.3) is 10.8 Å². The minimum atomic E-state index is -0.627. The zero-order chi connectivity index (χ0) is 17.9. The summed E-state index contributed by atoms with van der Waals surface area (Å²) >= 11 is 0. The van der Waals surface area contributed by atoms with Gasteiger partial charge in [-0.3, -0.25) is 4.79 Å². The summed E-state index contributed by atoms with van der Waals surface area (Å²) in [4.78, 5) is 15.3. The van der Waals surface area contributed by atoms with Crippen molar-refractivity contribution in [2.75, 3.05) is 19.6 Å². The average molecular weight is 338 g/mol. The van der Waals surface area contributed by atoms with Gasteiger partial charge in [-0.2, -0.15) is 0 Å². The fourth-order valence-electron chi connectivity index (χ4n) is 4.41. The van der Waals surface area contributed by atoms with Crippen LogP contribution in [0.15, 0.2) is 42.5 Å². The molecule has 0 aromatic heterocycles. The molecule has 1 amide bonds. The van der Waals surface area contributed by atoms with E-state index in [-0.39, 0.29) is 11.8 Å². The first-order valence-electron chi connectivity index (χ1n) is 9.56. The van der Waals surface area contributed by atoms with E-state index in [0.717, 1.165) is 37.0 Å². The Morgan fingerprint density at radius 2 is 1.76 bits per heavy atom. The zero-order valence-corrected chi connectivity index (χ0v) is 15.5. The lowest BCUT2D eigenvalue weighted by Crippen LogP contribution is -2.48. The summed E-state index contributed by atoms with van der Waals surface area (Å²) in [5, 5.41) is 2.32. The summed E-state index contributed by atoms with van der Waals surface area (Å²) in [6.07, 6.45) is 4.64. The predicted molar refractivity (Wildman–Crippen MR) is 105 cm³/mol. The third-order valence-electron chi connectivity index (χ3n) is 5.97. The molecule has 1 heterocycles. The molecule has 3 nitrogen and oxygen atoms in total. The second-order valence-electron chi connectivity index (χ2n) is 7.67. The van der Waals surface area contributed by atoms with Crippen molar-refractivity contribution < 1.29 is 4.79 Å². The minimum absolute atomic E-state index is 0.153. The topological polar surface area (TPSA) is 46.3 Å². The van der Waals surface area contributed by atoms with Crippen LogP contribution in [0.2, 0.25) is 0 Å². The van der Waals surface area contributed by atoms with Crippen molar-refractivity contribution in [3.63, 3.8) is 0 Å². The Balaban J connectivity index is 2.02. The lowest BCUT2D eigenvalue weighted by atomic mass is 9.67. The third-order valence-corrected chi connectivity index (χ3v) is 5.97. The van der Waals surface area contributed by atoms with Gasteiger partial charge in [0.05, 0.1) is 5.41 Å². The molecule has 0 bridgehead atoms. The molecule has 2 aromatic rings. The molecule has 1 unspecified atom stereocenters. The summed E-state index contributed by atoms with van der Waals surface area (Å²) in [7, 11) is 0. The average Bonchev–Trinajstić information content (AvgIpc) is 2.62. The van der Waals surface area contributed by atoms with Crippen LogP contribution >= 0.6 is 0 Å². The highest BCUT2D eigenvalue weighted by molar-refractivity contribution is 5.95. The van der Waals surface area contributed by atoms with E-state index < -0.39 is 5.41 Å². The normalized spacial score (nSPS) is 18.4. The summed E-state index contributed by atoms with van der Waals surface area (Å²) < 4.78 is 0. The highest BCUT2D eigenvalue weighted by Gasteiger charge is 2.42. The van der Waals surface area contributed by atoms with Crippen LogP contribution in [-0.4, -0.2) is 30.4 Å². The number of hydrogen-bond acceptors (Lipinski definition) is 2. The molecule has 0 aliphatic carbocycles. The first-order valence-corrected chi connectivity index (χ1v) is 9.56. The first kappa shape index (κ1) is 17.9. The van der Waals surface area contributed by atoms with E-state index in [2.05, 4.69) is 49.1 Å². The molecule has 25 heavy (non-hydrogen) atoms. The Morgan fingerprint density at radius 3 is 2.44 bits per heavy atom. The summed E-state index contributed by atoms with van der Waals surface area (Å²) in [6, 6.07) is 14.6. The van der Waals surface area contributed by atoms with Crippen LogP contribution in [0.4, 0.5) is 0 Å². The van der Waals surface area contributed by atoms with Crippen molar-refractivity contribution in [3.05, 3.63) is 48.0 Å². The largest absolute Gasteiger partial charge is 0.369 e. The predicted octanol–water partition coefficient (Wildman–Crippen LogP) is 4.09. The number of carbonyl (C=O) groups excluding carboxylic acids is 1. The molecule has 2 N–H and O–H groups in total. The number of fused-ring (bicyclic) bond motifs is 1. The number of rotatable bonds is 6. The van der Waals surface area contributed by atoms with Gasteiger partial charge in [0, 0.05) is 0 Å². The summed E-state index contributed by atoms with van der Waals surface area (Å²) in [6.45, 7) is 7.47. The van der Waals surface area contributed by atoms with Crippen molar-refractivity contribution in [2.24, 2.45) is 11.7 Å². The van der Waals surface area contributed by atoms with Crippen molar-refractivity contribution in [3.8, 4) is 0 Å². The molecule has 3 rings (SSSR count). The number of likely N-dealkylation sites (tertiary alicyclic amines) is 1. The minimum Gasteiger partial charge on any atom is -0.369 e. The lowest BCUT2D eigenvalue weighted by molar-refractivity contribution is -0.125. The second-order valence-corrected chi connectivity index (χ2v) is 7.67. The van der Waals surface area contributed by atoms with Gasteiger partial charge in [-0.1, -0.05) is 62.7 Å². The molecule has 1 aliphatic rings. The molecular weight excluding hydrogens is 308 g/mol. The van der Waals surface area contributed by atoms with E-state index in [1.807, 2.05) is 12.1 Å². The van der Waals surface area contributed by atoms with E-state index in [9.17, 15) is 4.79 Å². The number of amides is 1. The fraction of sp³-hybridized carbons (Fsp3) is 0.500. The van der Waals surface area contributed by atoms with Gasteiger partial charge < -0.3 is 10.6 Å². The number of primary amides is 1. The van der Waals surface area contributed by atoms with Gasteiger partial charge in [-0.25, -0.2) is 0 Å². The number of benzene rings is 2. The molecule has 0 spiro atoms. The van der Waals surface area contributed by atoms with Gasteiger partial charge in [-0.05, 0) is 61.2 Å². The molecule has 0 saturated carbocycles. The molecular formula is C22H30N2O. The molecule has 1 aliphatic heterocycles. The van der Waals surface area contributed by atoms with Crippen LogP contribution in [0.3, 0.4) is 0 Å². The van der Waals surface area contributed by atoms with Crippen molar-refractivity contribution in [1.29, 1.82) is 0 Å². The Labute approximate surface area is 151 Å². The number of nitrogens with two attached hydrogens (primary N) is 1. The molecule has 3 heteroatoms. The van der Waals surface area contributed by atoms with Gasteiger partial charge in [0.1, 0.15) is 0 Å². The molecule has 2 aromatic carbocycles. The van der Waals surface area contributed by atoms with Crippen LogP contribution < -0.4 is 5.73 Å². The zero-order valence-electron chi connectivity index (χ0n) is 15.5. The highest BCUT2D eigenvalue weighted by Crippen LogP contribution is 2.40. The number of nitrogens with zero attached hydrogens (tertiary/aromatic N) is 1. The van der Waals surface area contributed by atoms with Gasteiger partial charge >= 0.3 is 0 Å². The molecule has 1 atom stereocenters. The Kier molecular flexibility index (Phi) is 5.43. The van der Waals surface area contributed by atoms with Gasteiger partial charge in [0.25, 0.3) is 0 Å². The molecule has 0 radical (unpaired) electrons. The maximum atomic E-state index is 12.8. The number of carbonyl (C=O) groups is 1. The van der Waals surface area contributed by atoms with E-state index in [4.69, 9.17) is 5.73 Å². The third kappa shape index (κ3) is 3.43. The SMILES string of the molecule is CC(C)C(CCN1CCCCC1)(C(N)=O)c1cccc2ccccc12. The summed E-state index contributed by atoms with van der Waals surface area (Å²) in [5.74, 6) is -0.0449. The van der Waals surface area contributed by atoms with Gasteiger partial charge in [0.15, 0.2) is 0 Å². The highest BCUT2D eigenvalue weighted by atomic mass is 16.1. The van der Waals surface area contributed by atoms with Crippen LogP contribution in [0, 0.1) is 5.92 Å². The summed E-state index contributed by atoms with van der Waals surface area (Å²) in [5.41, 5.74) is 6.52. The Bertz CT molecular complexity index is 728. The lowest BCUT2D eigenvalue weighted by Gasteiger charge is -2.38. The molecule has 134 valence electrons. The monoisotopic (exact) mass is 338 g/mol. The number of piperidine rings is 1. The van der Waals surface area contributed by atoms with Crippen LogP contribution in [-0.2, 0) is 10.2 Å². The van der Waals surface area contributed by atoms with E-state index in [0.29, 0.717) is 0 Å². The van der Waals surface area contributed by atoms with Crippen LogP contribution in [0.5, 0.6) is 0 Å². The van der Waals surface area contributed by atoms with Crippen molar-refractivity contribution in [1.82, 2.24) is 4.90 Å². The number of hydrogen-bond donors (Lipinski definition) is 1. The molecule has 1 fully saturated rings. The maximum absolute atomic E-state index is 12.8. The standard InChI is InChI=1S/C22H30N2O/c1-17(2)22(21(23)25,13-16-24-14-6-3-7-15-24)20-12-8-10-18-9-4-5-11-19(18)20/h4-5,8-12,17H,3,6-7,13-16H2,1-2H3,(H2,23,25). The molecule has 1 saturated heterocycles. The van der Waals surface area contributed by atoms with Crippen LogP contribution in [0.1, 0.15) is 45.1 Å². The van der Waals surface area contributed by atoms with E-state index in [1.165, 1.54) is 24.6 Å².